The Bertz CT molecular complexity index is 1270. The summed E-state index contributed by atoms with van der Waals surface area (Å²) in [5.74, 6) is 2.18. The van der Waals surface area contributed by atoms with Gasteiger partial charge < -0.3 is 20.3 Å². The third-order valence-electron chi connectivity index (χ3n) is 9.58. The van der Waals surface area contributed by atoms with Crippen LogP contribution in [-0.4, -0.2) is 66.4 Å². The summed E-state index contributed by atoms with van der Waals surface area (Å²) >= 11 is 0. The molecule has 2 aliphatic heterocycles. The van der Waals surface area contributed by atoms with Crippen LogP contribution in [0.1, 0.15) is 104 Å². The molecule has 0 aromatic heterocycles. The lowest BCUT2D eigenvalue weighted by Crippen LogP contribution is -2.42. The van der Waals surface area contributed by atoms with Crippen molar-refractivity contribution < 1.29 is 18.3 Å². The molecule has 0 radical (unpaired) electrons. The molecule has 47 heavy (non-hydrogen) atoms. The maximum absolute atomic E-state index is 14.7. The molecule has 4 fully saturated rings. The molecular weight excluding hydrogens is 598 g/mol. The maximum atomic E-state index is 14.7. The van der Waals surface area contributed by atoms with Crippen molar-refractivity contribution in [2.24, 2.45) is 21.8 Å². The van der Waals surface area contributed by atoms with E-state index < -0.39 is 11.6 Å². The molecule has 8 nitrogen and oxygen atoms in total. The Kier molecular flexibility index (Phi) is 14.3. The summed E-state index contributed by atoms with van der Waals surface area (Å²) in [4.78, 5) is 23.8. The monoisotopic (exact) mass is 654 g/mol. The number of carbonyl (C=O) groups is 1. The number of nitrogens with zero attached hydrogens (tertiary/aromatic N) is 4. The smallest absolute Gasteiger partial charge is 0.210 e. The van der Waals surface area contributed by atoms with E-state index in [1.165, 1.54) is 50.7 Å². The lowest BCUT2D eigenvalue weighted by Gasteiger charge is -2.28. The van der Waals surface area contributed by atoms with E-state index in [-0.39, 0.29) is 11.7 Å². The maximum Gasteiger partial charge on any atom is 0.210 e. The topological polar surface area (TPSA) is 81.6 Å². The van der Waals surface area contributed by atoms with Gasteiger partial charge in [0.05, 0.1) is 18.3 Å². The lowest BCUT2D eigenvalue weighted by molar-refractivity contribution is -0.118. The number of amidine groups is 1. The van der Waals surface area contributed by atoms with Crippen LogP contribution in [0, 0.1) is 30.4 Å². The molecule has 0 bridgehead atoms. The number of guanidine groups is 1. The predicted octanol–water partition coefficient (Wildman–Crippen LogP) is 7.72. The summed E-state index contributed by atoms with van der Waals surface area (Å²) < 4.78 is 35.0. The number of ether oxygens (including phenoxy) is 1. The fourth-order valence-corrected chi connectivity index (χ4v) is 6.53. The van der Waals surface area contributed by atoms with Gasteiger partial charge in [0.25, 0.3) is 0 Å². The summed E-state index contributed by atoms with van der Waals surface area (Å²) in [6.45, 7) is 13.1. The molecule has 5 rings (SSSR count). The number of aliphatic imine (C=N–C) groups is 2. The SMILES string of the molecule is C/C=C1/NC(=Nc2c(F)cc(C)cc2F)N(C2CCOC2)/C1=N/C(=C/CC)NC1CCC(C)CC1.CCCN(C=O)CCC1CCC1. The molecule has 0 spiro atoms. The van der Waals surface area contributed by atoms with Crippen LogP contribution in [0.5, 0.6) is 0 Å². The number of benzene rings is 1. The first-order valence-electron chi connectivity index (χ1n) is 17.9. The van der Waals surface area contributed by atoms with E-state index in [1.807, 2.05) is 22.8 Å². The molecule has 1 aromatic rings. The van der Waals surface area contributed by atoms with Crippen LogP contribution in [0.2, 0.25) is 0 Å². The van der Waals surface area contributed by atoms with Crippen molar-refractivity contribution >= 4 is 23.9 Å². The minimum absolute atomic E-state index is 0.0348. The minimum Gasteiger partial charge on any atom is -0.379 e. The summed E-state index contributed by atoms with van der Waals surface area (Å²) in [6, 6.07) is 2.95. The van der Waals surface area contributed by atoms with E-state index in [0.29, 0.717) is 36.6 Å². The Labute approximate surface area is 280 Å². The van der Waals surface area contributed by atoms with Crippen molar-refractivity contribution in [3.63, 3.8) is 0 Å². The zero-order chi connectivity index (χ0) is 33.8. The van der Waals surface area contributed by atoms with Crippen molar-refractivity contribution in [3.8, 4) is 0 Å². The molecule has 260 valence electrons. The van der Waals surface area contributed by atoms with Crippen molar-refractivity contribution in [3.05, 3.63) is 53.0 Å². The van der Waals surface area contributed by atoms with Crippen LogP contribution < -0.4 is 10.6 Å². The Morgan fingerprint density at radius 3 is 2.38 bits per heavy atom. The molecule has 2 N–H and O–H groups in total. The Hall–Kier alpha value is -3.27. The number of rotatable bonds is 12. The number of hydrogen-bond acceptors (Lipinski definition) is 5. The highest BCUT2D eigenvalue weighted by molar-refractivity contribution is 6.17. The first-order chi connectivity index (χ1) is 22.8. The van der Waals surface area contributed by atoms with Gasteiger partial charge in [-0.25, -0.2) is 18.8 Å². The molecule has 1 unspecified atom stereocenters. The number of carbonyl (C=O) groups excluding carboxylic acids is 1. The Morgan fingerprint density at radius 1 is 1.11 bits per heavy atom. The molecular formula is C37H56F2N6O2. The summed E-state index contributed by atoms with van der Waals surface area (Å²) in [6.07, 6.45) is 17.8. The average molecular weight is 655 g/mol. The minimum atomic E-state index is -0.688. The van der Waals surface area contributed by atoms with Gasteiger partial charge >= 0.3 is 0 Å². The fourth-order valence-electron chi connectivity index (χ4n) is 6.53. The van der Waals surface area contributed by atoms with Crippen LogP contribution in [0.3, 0.4) is 0 Å². The van der Waals surface area contributed by atoms with Gasteiger partial charge in [-0.1, -0.05) is 46.1 Å². The molecule has 1 amide bonds. The van der Waals surface area contributed by atoms with Gasteiger partial charge in [-0.15, -0.1) is 0 Å². The first kappa shape index (κ1) is 36.6. The standard InChI is InChI=1S/C27H37F2N5O.C10H19NO/c1-5-7-24(30-19-10-8-17(3)9-11-19)32-26-23(6-2)31-27(34(26)20-12-13-35-16-20)33-25-21(28)14-18(4)15-22(25)29;1-2-7-11(9-12)8-6-10-4-3-5-10/h6-7,14-15,17,19-20,30H,5,8-13,16H2,1-4H3,(H,31,33);9-10H,2-8H2,1H3/b23-6+,24-7+,32-26+;. The summed E-state index contributed by atoms with van der Waals surface area (Å²) in [5.41, 5.74) is 0.959. The summed E-state index contributed by atoms with van der Waals surface area (Å²) in [7, 11) is 0. The molecule has 2 saturated carbocycles. The summed E-state index contributed by atoms with van der Waals surface area (Å²) in [5, 5.41) is 6.90. The molecule has 1 atom stereocenters. The third-order valence-corrected chi connectivity index (χ3v) is 9.58. The van der Waals surface area contributed by atoms with E-state index in [0.717, 1.165) is 75.0 Å². The molecule has 4 aliphatic rings. The average Bonchev–Trinajstić information content (AvgIpc) is 3.67. The lowest BCUT2D eigenvalue weighted by atomic mass is 9.83. The van der Waals surface area contributed by atoms with Gasteiger partial charge in [0, 0.05) is 25.7 Å². The van der Waals surface area contributed by atoms with Gasteiger partial charge in [0.15, 0.2) is 17.5 Å². The zero-order valence-electron chi connectivity index (χ0n) is 29.2. The van der Waals surface area contributed by atoms with Gasteiger partial charge in [-0.05, 0) is 101 Å². The second-order valence-corrected chi connectivity index (χ2v) is 13.5. The number of nitrogens with one attached hydrogen (secondary N) is 2. The van der Waals surface area contributed by atoms with Crippen molar-refractivity contribution in [2.45, 2.75) is 117 Å². The molecule has 2 saturated heterocycles. The Balaban J connectivity index is 0.000000351. The number of hydrogen-bond donors (Lipinski definition) is 2. The number of allylic oxidation sites excluding steroid dienone is 2. The van der Waals surface area contributed by atoms with Crippen LogP contribution in [-0.2, 0) is 9.53 Å². The van der Waals surface area contributed by atoms with Crippen LogP contribution in [0.25, 0.3) is 0 Å². The van der Waals surface area contributed by atoms with Crippen LogP contribution in [0.4, 0.5) is 14.5 Å². The largest absolute Gasteiger partial charge is 0.379 e. The molecule has 2 heterocycles. The first-order valence-corrected chi connectivity index (χ1v) is 17.9. The van der Waals surface area contributed by atoms with Gasteiger partial charge in [0.2, 0.25) is 12.4 Å². The second kappa shape index (κ2) is 18.3. The van der Waals surface area contributed by atoms with E-state index in [4.69, 9.17) is 9.73 Å². The van der Waals surface area contributed by atoms with Crippen LogP contribution >= 0.6 is 0 Å². The predicted molar refractivity (Wildman–Crippen MR) is 186 cm³/mol. The highest BCUT2D eigenvalue weighted by atomic mass is 19.1. The normalized spacial score (nSPS) is 25.9. The van der Waals surface area contributed by atoms with E-state index in [9.17, 15) is 13.6 Å². The third kappa shape index (κ3) is 10.4. The van der Waals surface area contributed by atoms with Crippen molar-refractivity contribution in [2.75, 3.05) is 26.3 Å². The highest BCUT2D eigenvalue weighted by Gasteiger charge is 2.38. The van der Waals surface area contributed by atoms with Crippen LogP contribution in [0.15, 0.2) is 45.8 Å². The van der Waals surface area contributed by atoms with Crippen molar-refractivity contribution in [1.29, 1.82) is 0 Å². The zero-order valence-corrected chi connectivity index (χ0v) is 29.2. The number of halogens is 2. The molecule has 1 aromatic carbocycles. The number of amides is 1. The quantitative estimate of drug-likeness (QED) is 0.226. The van der Waals surface area contributed by atoms with Gasteiger partial charge in [-0.2, -0.15) is 0 Å². The van der Waals surface area contributed by atoms with E-state index in [1.54, 1.807) is 6.92 Å². The molecule has 2 aliphatic carbocycles. The van der Waals surface area contributed by atoms with Crippen molar-refractivity contribution in [1.82, 2.24) is 20.4 Å². The highest BCUT2D eigenvalue weighted by Crippen LogP contribution is 2.30. The Morgan fingerprint density at radius 2 is 1.83 bits per heavy atom. The van der Waals surface area contributed by atoms with Gasteiger partial charge in [-0.3, -0.25) is 9.69 Å². The second-order valence-electron chi connectivity index (χ2n) is 13.5. The number of aryl methyl sites for hydroxylation is 1. The molecule has 10 heteroatoms. The van der Waals surface area contributed by atoms with E-state index >= 15 is 0 Å². The van der Waals surface area contributed by atoms with Gasteiger partial charge in [0.1, 0.15) is 11.5 Å². The van der Waals surface area contributed by atoms with E-state index in [2.05, 4.69) is 42.5 Å². The fraction of sp³-hybridized carbons (Fsp3) is 0.649.